The van der Waals surface area contributed by atoms with E-state index in [4.69, 9.17) is 5.73 Å². The molecule has 2 amide bonds. The summed E-state index contributed by atoms with van der Waals surface area (Å²) in [6, 6.07) is 12.1. The Kier molecular flexibility index (Phi) is 5.75. The number of amides is 2. The van der Waals surface area contributed by atoms with Crippen LogP contribution < -0.4 is 16.4 Å². The molecular weight excluding hydrogens is 354 g/mol. The largest absolute Gasteiger partial charge is 0.350 e. The Hall–Kier alpha value is -3.19. The van der Waals surface area contributed by atoms with Gasteiger partial charge in [0, 0.05) is 28.9 Å². The van der Waals surface area contributed by atoms with Crippen molar-refractivity contribution in [1.29, 1.82) is 0 Å². The number of carbonyl (C=O) groups excluding carboxylic acids is 2. The van der Waals surface area contributed by atoms with Gasteiger partial charge in [-0.25, -0.2) is 4.98 Å². The highest BCUT2D eigenvalue weighted by molar-refractivity contribution is 6.06. The highest BCUT2D eigenvalue weighted by Gasteiger charge is 2.21. The summed E-state index contributed by atoms with van der Waals surface area (Å²) in [4.78, 5) is 32.1. The summed E-state index contributed by atoms with van der Waals surface area (Å²) in [5.74, 6) is -0.473. The number of benzene rings is 2. The van der Waals surface area contributed by atoms with Crippen LogP contribution in [0.3, 0.4) is 0 Å². The van der Waals surface area contributed by atoms with E-state index in [0.717, 1.165) is 23.9 Å². The Labute approximate surface area is 163 Å². The lowest BCUT2D eigenvalue weighted by Crippen LogP contribution is -2.49. The van der Waals surface area contributed by atoms with Crippen molar-refractivity contribution in [1.82, 2.24) is 15.3 Å². The van der Waals surface area contributed by atoms with E-state index in [-0.39, 0.29) is 11.8 Å². The van der Waals surface area contributed by atoms with E-state index in [1.807, 2.05) is 13.8 Å². The van der Waals surface area contributed by atoms with Gasteiger partial charge in [-0.05, 0) is 49.2 Å². The van der Waals surface area contributed by atoms with E-state index in [0.29, 0.717) is 23.4 Å². The first-order valence-corrected chi connectivity index (χ1v) is 9.36. The molecule has 0 atom stereocenters. The van der Waals surface area contributed by atoms with E-state index in [2.05, 4.69) is 20.6 Å². The van der Waals surface area contributed by atoms with E-state index in [1.54, 1.807) is 48.8 Å². The minimum absolute atomic E-state index is 0.216. The second-order valence-electron chi connectivity index (χ2n) is 6.92. The van der Waals surface area contributed by atoms with Crippen molar-refractivity contribution >= 4 is 28.5 Å². The zero-order valence-electron chi connectivity index (χ0n) is 16.1. The first-order valence-electron chi connectivity index (χ1n) is 9.36. The molecule has 0 aliphatic carbocycles. The van der Waals surface area contributed by atoms with Crippen LogP contribution in [0.5, 0.6) is 0 Å². The van der Waals surface area contributed by atoms with Gasteiger partial charge in [-0.3, -0.25) is 9.59 Å². The number of imidazole rings is 1. The number of nitrogens with two attached hydrogens (primary N) is 1. The zero-order valence-corrected chi connectivity index (χ0v) is 16.1. The highest BCUT2D eigenvalue weighted by atomic mass is 16.2. The maximum atomic E-state index is 12.5. The molecule has 2 aromatic carbocycles. The summed E-state index contributed by atoms with van der Waals surface area (Å²) in [5, 5.41) is 5.71. The van der Waals surface area contributed by atoms with Crippen LogP contribution >= 0.6 is 0 Å². The van der Waals surface area contributed by atoms with Crippen molar-refractivity contribution < 1.29 is 9.59 Å². The normalized spacial score (nSPS) is 11.4. The Balaban J connectivity index is 1.68. The van der Waals surface area contributed by atoms with Gasteiger partial charge in [0.1, 0.15) is 0 Å². The lowest BCUT2D eigenvalue weighted by Gasteiger charge is -2.26. The molecule has 146 valence electrons. The number of aromatic nitrogens is 2. The summed E-state index contributed by atoms with van der Waals surface area (Å²) < 4.78 is 0. The number of hydrogen-bond donors (Lipinski definition) is 4. The molecule has 0 aliphatic rings. The fourth-order valence-electron chi connectivity index (χ4n) is 2.88. The lowest BCUT2D eigenvalue weighted by atomic mass is 9.94. The summed E-state index contributed by atoms with van der Waals surface area (Å²) in [6.45, 7) is 4.42. The second kappa shape index (κ2) is 8.22. The van der Waals surface area contributed by atoms with Crippen LogP contribution in [-0.4, -0.2) is 33.9 Å². The molecule has 0 aliphatic heterocycles. The van der Waals surface area contributed by atoms with E-state index < -0.39 is 5.54 Å². The van der Waals surface area contributed by atoms with Gasteiger partial charge in [0.15, 0.2) is 0 Å². The van der Waals surface area contributed by atoms with Crippen molar-refractivity contribution in [3.63, 3.8) is 0 Å². The number of hydrogen-bond acceptors (Lipinski definition) is 4. The molecule has 5 N–H and O–H groups in total. The molecule has 0 saturated heterocycles. The SMILES string of the molecule is CCC(N)(CC)CNC(=O)c1cccc(NC(=O)c2ccc3nc[nH]c3c2)c1. The number of rotatable bonds is 7. The minimum atomic E-state index is -0.410. The van der Waals surface area contributed by atoms with Crippen LogP contribution in [0, 0.1) is 0 Å². The number of H-pyrrole nitrogens is 1. The quantitative estimate of drug-likeness (QED) is 0.505. The molecule has 7 nitrogen and oxygen atoms in total. The second-order valence-corrected chi connectivity index (χ2v) is 6.92. The molecule has 0 radical (unpaired) electrons. The topological polar surface area (TPSA) is 113 Å². The molecule has 7 heteroatoms. The maximum absolute atomic E-state index is 12.5. The van der Waals surface area contributed by atoms with Gasteiger partial charge in [0.25, 0.3) is 11.8 Å². The van der Waals surface area contributed by atoms with E-state index >= 15 is 0 Å². The predicted molar refractivity (Wildman–Crippen MR) is 110 cm³/mol. The van der Waals surface area contributed by atoms with Crippen LogP contribution in [0.25, 0.3) is 11.0 Å². The van der Waals surface area contributed by atoms with Crippen molar-refractivity contribution in [2.75, 3.05) is 11.9 Å². The number of anilines is 1. The van der Waals surface area contributed by atoms with Crippen LogP contribution in [0.2, 0.25) is 0 Å². The molecule has 0 spiro atoms. The Morgan fingerprint density at radius 3 is 2.57 bits per heavy atom. The Bertz CT molecular complexity index is 991. The van der Waals surface area contributed by atoms with Gasteiger partial charge in [0.05, 0.1) is 17.4 Å². The van der Waals surface area contributed by atoms with Crippen LogP contribution in [0.1, 0.15) is 47.4 Å². The third-order valence-electron chi connectivity index (χ3n) is 5.07. The van der Waals surface area contributed by atoms with E-state index in [9.17, 15) is 9.59 Å². The molecule has 0 saturated carbocycles. The van der Waals surface area contributed by atoms with Gasteiger partial charge < -0.3 is 21.4 Å². The maximum Gasteiger partial charge on any atom is 0.255 e. The molecule has 1 aromatic heterocycles. The van der Waals surface area contributed by atoms with Gasteiger partial charge in [-0.2, -0.15) is 0 Å². The molecule has 3 aromatic rings. The number of nitrogens with zero attached hydrogens (tertiary/aromatic N) is 1. The Morgan fingerprint density at radius 1 is 1.07 bits per heavy atom. The fourth-order valence-corrected chi connectivity index (χ4v) is 2.88. The number of aromatic amines is 1. The number of nitrogens with one attached hydrogen (secondary N) is 3. The standard InChI is InChI=1S/C21H25N5O2/c1-3-21(22,4-2)12-23-19(27)14-6-5-7-16(10-14)26-20(28)15-8-9-17-18(11-15)25-13-24-17/h5-11,13H,3-4,12,22H2,1-2H3,(H,23,27)(H,24,25)(H,26,28). The molecule has 3 rings (SSSR count). The number of fused-ring (bicyclic) bond motifs is 1. The monoisotopic (exact) mass is 379 g/mol. The zero-order chi connectivity index (χ0) is 20.1. The van der Waals surface area contributed by atoms with Crippen molar-refractivity contribution in [2.24, 2.45) is 5.73 Å². The van der Waals surface area contributed by atoms with E-state index in [1.165, 1.54) is 0 Å². The fraction of sp³-hybridized carbons (Fsp3) is 0.286. The summed E-state index contributed by atoms with van der Waals surface area (Å²) in [6.07, 6.45) is 3.14. The highest BCUT2D eigenvalue weighted by Crippen LogP contribution is 2.16. The van der Waals surface area contributed by atoms with Crippen molar-refractivity contribution in [3.05, 3.63) is 59.9 Å². The van der Waals surface area contributed by atoms with Gasteiger partial charge in [-0.1, -0.05) is 19.9 Å². The molecule has 1 heterocycles. The van der Waals surface area contributed by atoms with Crippen LogP contribution in [0.15, 0.2) is 48.8 Å². The smallest absolute Gasteiger partial charge is 0.255 e. The van der Waals surface area contributed by atoms with Crippen molar-refractivity contribution in [3.8, 4) is 0 Å². The van der Waals surface area contributed by atoms with Crippen LogP contribution in [-0.2, 0) is 0 Å². The first kappa shape index (κ1) is 19.6. The number of carbonyl (C=O) groups is 2. The summed E-state index contributed by atoms with van der Waals surface area (Å²) >= 11 is 0. The lowest BCUT2D eigenvalue weighted by molar-refractivity contribution is 0.0941. The molecule has 0 unspecified atom stereocenters. The Morgan fingerprint density at radius 2 is 1.82 bits per heavy atom. The average molecular weight is 379 g/mol. The molecule has 0 fully saturated rings. The third kappa shape index (κ3) is 4.37. The van der Waals surface area contributed by atoms with Gasteiger partial charge in [-0.15, -0.1) is 0 Å². The third-order valence-corrected chi connectivity index (χ3v) is 5.07. The average Bonchev–Trinajstić information content (AvgIpc) is 3.19. The van der Waals surface area contributed by atoms with Crippen molar-refractivity contribution in [2.45, 2.75) is 32.2 Å². The van der Waals surface area contributed by atoms with Crippen LogP contribution in [0.4, 0.5) is 5.69 Å². The molecule has 28 heavy (non-hydrogen) atoms. The molecule has 0 bridgehead atoms. The first-order chi connectivity index (χ1) is 13.4. The summed E-state index contributed by atoms with van der Waals surface area (Å²) in [7, 11) is 0. The molecular formula is C21H25N5O2. The van der Waals surface area contributed by atoms with Gasteiger partial charge >= 0.3 is 0 Å². The summed E-state index contributed by atoms with van der Waals surface area (Å²) in [5.41, 5.74) is 8.93. The minimum Gasteiger partial charge on any atom is -0.350 e. The predicted octanol–water partition coefficient (Wildman–Crippen LogP) is 3.06. The van der Waals surface area contributed by atoms with Gasteiger partial charge in [0.2, 0.25) is 0 Å².